The zero-order valence-electron chi connectivity index (χ0n) is 11.4. The van der Waals surface area contributed by atoms with Crippen molar-refractivity contribution in [2.75, 3.05) is 6.61 Å². The molecule has 1 aliphatic rings. The first-order valence-electron chi connectivity index (χ1n) is 6.75. The van der Waals surface area contributed by atoms with E-state index in [9.17, 15) is 9.18 Å². The SMILES string of the molecule is CC(C)C(=O)NC(c1ccc(F)cc1)C1CCCO1. The number of rotatable bonds is 4. The zero-order chi connectivity index (χ0) is 13.8. The van der Waals surface area contributed by atoms with Gasteiger partial charge in [0.1, 0.15) is 5.82 Å². The number of carbonyl (C=O) groups excluding carboxylic acids is 1. The molecule has 1 N–H and O–H groups in total. The van der Waals surface area contributed by atoms with Gasteiger partial charge in [0.05, 0.1) is 12.1 Å². The number of nitrogens with one attached hydrogen (secondary N) is 1. The molecule has 2 rings (SSSR count). The molecule has 4 heteroatoms. The molecule has 0 spiro atoms. The highest BCUT2D eigenvalue weighted by molar-refractivity contribution is 5.78. The first-order valence-corrected chi connectivity index (χ1v) is 6.75. The monoisotopic (exact) mass is 265 g/mol. The zero-order valence-corrected chi connectivity index (χ0v) is 11.4. The van der Waals surface area contributed by atoms with Crippen LogP contribution in [0.15, 0.2) is 24.3 Å². The van der Waals surface area contributed by atoms with Crippen LogP contribution in [-0.2, 0) is 9.53 Å². The Bertz CT molecular complexity index is 424. The van der Waals surface area contributed by atoms with E-state index < -0.39 is 0 Å². The van der Waals surface area contributed by atoms with Crippen LogP contribution in [0, 0.1) is 11.7 Å². The van der Waals surface area contributed by atoms with Gasteiger partial charge in [-0.3, -0.25) is 4.79 Å². The summed E-state index contributed by atoms with van der Waals surface area (Å²) in [6.45, 7) is 4.43. The lowest BCUT2D eigenvalue weighted by Gasteiger charge is -2.25. The number of hydrogen-bond acceptors (Lipinski definition) is 2. The number of halogens is 1. The van der Waals surface area contributed by atoms with Crippen LogP contribution >= 0.6 is 0 Å². The summed E-state index contributed by atoms with van der Waals surface area (Å²) in [6.07, 6.45) is 1.90. The Morgan fingerprint density at radius 3 is 2.58 bits per heavy atom. The molecule has 3 nitrogen and oxygen atoms in total. The van der Waals surface area contributed by atoms with Crippen molar-refractivity contribution in [3.8, 4) is 0 Å². The Hall–Kier alpha value is -1.42. The molecule has 0 aliphatic carbocycles. The highest BCUT2D eigenvalue weighted by Crippen LogP contribution is 2.27. The van der Waals surface area contributed by atoms with Gasteiger partial charge < -0.3 is 10.1 Å². The summed E-state index contributed by atoms with van der Waals surface area (Å²) in [6, 6.07) is 6.06. The minimum Gasteiger partial charge on any atom is -0.376 e. The summed E-state index contributed by atoms with van der Waals surface area (Å²) in [5, 5.41) is 3.01. The van der Waals surface area contributed by atoms with E-state index in [1.165, 1.54) is 12.1 Å². The number of amides is 1. The lowest BCUT2D eigenvalue weighted by atomic mass is 9.98. The molecule has 1 fully saturated rings. The van der Waals surface area contributed by atoms with E-state index in [1.54, 1.807) is 12.1 Å². The number of hydrogen-bond donors (Lipinski definition) is 1. The number of carbonyl (C=O) groups is 1. The lowest BCUT2D eigenvalue weighted by Crippen LogP contribution is -2.38. The number of ether oxygens (including phenoxy) is 1. The van der Waals surface area contributed by atoms with Crippen LogP contribution in [0.2, 0.25) is 0 Å². The molecule has 2 unspecified atom stereocenters. The summed E-state index contributed by atoms with van der Waals surface area (Å²) in [4.78, 5) is 11.9. The first-order chi connectivity index (χ1) is 9.08. The highest BCUT2D eigenvalue weighted by atomic mass is 19.1. The highest BCUT2D eigenvalue weighted by Gasteiger charge is 2.29. The van der Waals surface area contributed by atoms with Crippen LogP contribution < -0.4 is 5.32 Å². The second-order valence-corrected chi connectivity index (χ2v) is 5.24. The molecule has 104 valence electrons. The first kappa shape index (κ1) is 14.0. The molecule has 1 aliphatic heterocycles. The second-order valence-electron chi connectivity index (χ2n) is 5.24. The normalized spacial score (nSPS) is 20.5. The summed E-state index contributed by atoms with van der Waals surface area (Å²) in [5.74, 6) is -0.362. The molecule has 0 bridgehead atoms. The van der Waals surface area contributed by atoms with E-state index in [1.807, 2.05) is 13.8 Å². The quantitative estimate of drug-likeness (QED) is 0.909. The molecular weight excluding hydrogens is 245 g/mol. The Labute approximate surface area is 113 Å². The van der Waals surface area contributed by atoms with Crippen LogP contribution in [0.1, 0.15) is 38.3 Å². The van der Waals surface area contributed by atoms with Crippen LogP contribution in [0.4, 0.5) is 4.39 Å². The van der Waals surface area contributed by atoms with Gasteiger partial charge in [-0.15, -0.1) is 0 Å². The summed E-state index contributed by atoms with van der Waals surface area (Å²) in [5.41, 5.74) is 0.891. The van der Waals surface area contributed by atoms with E-state index in [4.69, 9.17) is 4.74 Å². The fraction of sp³-hybridized carbons (Fsp3) is 0.533. The van der Waals surface area contributed by atoms with Gasteiger partial charge in [0.2, 0.25) is 5.91 Å². The molecule has 1 aromatic rings. The van der Waals surface area contributed by atoms with Crippen molar-refractivity contribution in [3.05, 3.63) is 35.6 Å². The summed E-state index contributed by atoms with van der Waals surface area (Å²) >= 11 is 0. The van der Waals surface area contributed by atoms with Crippen molar-refractivity contribution in [1.82, 2.24) is 5.32 Å². The molecule has 1 heterocycles. The molecule has 0 saturated carbocycles. The second kappa shape index (κ2) is 6.15. The summed E-state index contributed by atoms with van der Waals surface area (Å²) < 4.78 is 18.7. The van der Waals surface area contributed by atoms with Gasteiger partial charge in [-0.05, 0) is 30.5 Å². The molecule has 0 radical (unpaired) electrons. The molecule has 1 amide bonds. The van der Waals surface area contributed by atoms with Crippen molar-refractivity contribution in [2.24, 2.45) is 5.92 Å². The minimum atomic E-state index is -0.273. The van der Waals surface area contributed by atoms with Gasteiger partial charge in [0.25, 0.3) is 0 Å². The third kappa shape index (κ3) is 3.53. The van der Waals surface area contributed by atoms with Crippen molar-refractivity contribution < 1.29 is 13.9 Å². The number of benzene rings is 1. The molecule has 0 aromatic heterocycles. The van der Waals surface area contributed by atoms with Gasteiger partial charge in [-0.1, -0.05) is 26.0 Å². The van der Waals surface area contributed by atoms with E-state index in [0.29, 0.717) is 0 Å². The largest absolute Gasteiger partial charge is 0.376 e. The fourth-order valence-electron chi connectivity index (χ4n) is 2.25. The maximum atomic E-state index is 13.0. The Kier molecular flexibility index (Phi) is 4.53. The van der Waals surface area contributed by atoms with Gasteiger partial charge >= 0.3 is 0 Å². The van der Waals surface area contributed by atoms with E-state index >= 15 is 0 Å². The fourth-order valence-corrected chi connectivity index (χ4v) is 2.25. The van der Waals surface area contributed by atoms with Gasteiger partial charge in [0.15, 0.2) is 0 Å². The van der Waals surface area contributed by atoms with Crippen LogP contribution in [0.3, 0.4) is 0 Å². The predicted molar refractivity (Wildman–Crippen MR) is 71.1 cm³/mol. The third-order valence-electron chi connectivity index (χ3n) is 3.39. The standard InChI is InChI=1S/C15H20FNO2/c1-10(2)15(18)17-14(13-4-3-9-19-13)11-5-7-12(16)8-6-11/h5-8,10,13-14H,3-4,9H2,1-2H3,(H,17,18). The van der Waals surface area contributed by atoms with Crippen molar-refractivity contribution >= 4 is 5.91 Å². The molecule has 1 saturated heterocycles. The average molecular weight is 265 g/mol. The van der Waals surface area contributed by atoms with E-state index in [-0.39, 0.29) is 29.8 Å². The van der Waals surface area contributed by atoms with Gasteiger partial charge in [-0.25, -0.2) is 4.39 Å². The van der Waals surface area contributed by atoms with Crippen LogP contribution in [0.25, 0.3) is 0 Å². The van der Waals surface area contributed by atoms with Crippen LogP contribution in [0.5, 0.6) is 0 Å². The van der Waals surface area contributed by atoms with Crippen molar-refractivity contribution in [1.29, 1.82) is 0 Å². The predicted octanol–water partition coefficient (Wildman–Crippen LogP) is 2.82. The van der Waals surface area contributed by atoms with Crippen LogP contribution in [-0.4, -0.2) is 18.6 Å². The van der Waals surface area contributed by atoms with Crippen molar-refractivity contribution in [3.63, 3.8) is 0 Å². The van der Waals surface area contributed by atoms with Crippen molar-refractivity contribution in [2.45, 2.75) is 38.8 Å². The smallest absolute Gasteiger partial charge is 0.223 e. The Balaban J connectivity index is 2.18. The lowest BCUT2D eigenvalue weighted by molar-refractivity contribution is -0.125. The maximum Gasteiger partial charge on any atom is 0.223 e. The average Bonchev–Trinajstić information content (AvgIpc) is 2.90. The molecule has 1 aromatic carbocycles. The Morgan fingerprint density at radius 1 is 1.37 bits per heavy atom. The third-order valence-corrected chi connectivity index (χ3v) is 3.39. The molecule has 19 heavy (non-hydrogen) atoms. The maximum absolute atomic E-state index is 13.0. The minimum absolute atomic E-state index is 0.00942. The summed E-state index contributed by atoms with van der Waals surface area (Å²) in [7, 11) is 0. The van der Waals surface area contributed by atoms with Gasteiger partial charge in [-0.2, -0.15) is 0 Å². The van der Waals surface area contributed by atoms with Gasteiger partial charge in [0, 0.05) is 12.5 Å². The Morgan fingerprint density at radius 2 is 2.05 bits per heavy atom. The topological polar surface area (TPSA) is 38.3 Å². The van der Waals surface area contributed by atoms with E-state index in [0.717, 1.165) is 25.0 Å². The van der Waals surface area contributed by atoms with E-state index in [2.05, 4.69) is 5.32 Å². The molecule has 2 atom stereocenters. The molecular formula is C15H20FNO2.